The highest BCUT2D eigenvalue weighted by Crippen LogP contribution is 2.33. The van der Waals surface area contributed by atoms with Crippen LogP contribution in [0.25, 0.3) is 0 Å². The second-order valence-electron chi connectivity index (χ2n) is 7.51. The summed E-state index contributed by atoms with van der Waals surface area (Å²) in [6.07, 6.45) is 0.924. The number of aromatic nitrogens is 1. The van der Waals surface area contributed by atoms with Gasteiger partial charge in [0.15, 0.2) is 10.9 Å². The first-order valence-corrected chi connectivity index (χ1v) is 10.9. The summed E-state index contributed by atoms with van der Waals surface area (Å²) < 4.78 is 13.1. The summed E-state index contributed by atoms with van der Waals surface area (Å²) in [5, 5.41) is 3.11. The maximum atomic E-state index is 13.1. The van der Waals surface area contributed by atoms with Gasteiger partial charge >= 0.3 is 0 Å². The quantitative estimate of drug-likeness (QED) is 0.807. The molecule has 2 aromatic rings. The number of hydrogen-bond acceptors (Lipinski definition) is 6. The monoisotopic (exact) mass is 430 g/mol. The van der Waals surface area contributed by atoms with Crippen molar-refractivity contribution in [3.05, 3.63) is 40.7 Å². The Hall–Kier alpha value is -2.81. The molecule has 0 unspecified atom stereocenters. The third-order valence-electron chi connectivity index (χ3n) is 5.52. The van der Waals surface area contributed by atoms with Gasteiger partial charge in [0.25, 0.3) is 0 Å². The van der Waals surface area contributed by atoms with E-state index in [4.69, 9.17) is 0 Å². The van der Waals surface area contributed by atoms with Crippen LogP contribution in [-0.2, 0) is 16.0 Å². The van der Waals surface area contributed by atoms with Crippen molar-refractivity contribution in [3.63, 3.8) is 0 Å². The lowest BCUT2D eigenvalue weighted by molar-refractivity contribution is -0.135. The summed E-state index contributed by atoms with van der Waals surface area (Å²) in [4.78, 5) is 46.0. The van der Waals surface area contributed by atoms with Crippen LogP contribution in [0.15, 0.2) is 24.3 Å². The molecule has 1 aliphatic carbocycles. The Bertz CT molecular complexity index is 967. The number of fused-ring (bicyclic) bond motifs is 1. The molecule has 2 heterocycles. The minimum Gasteiger partial charge on any atom is -0.368 e. The van der Waals surface area contributed by atoms with E-state index in [-0.39, 0.29) is 29.8 Å². The molecule has 158 valence electrons. The third-order valence-corrected chi connectivity index (χ3v) is 6.58. The van der Waals surface area contributed by atoms with Gasteiger partial charge in [-0.15, -0.1) is 0 Å². The second kappa shape index (κ2) is 8.51. The van der Waals surface area contributed by atoms with Crippen LogP contribution >= 0.6 is 11.3 Å². The fraction of sp³-hybridized carbons (Fsp3) is 0.429. The van der Waals surface area contributed by atoms with E-state index in [1.807, 2.05) is 0 Å². The lowest BCUT2D eigenvalue weighted by atomic mass is 9.88. The predicted octanol–water partition coefficient (Wildman–Crippen LogP) is 2.72. The molecule has 0 saturated carbocycles. The van der Waals surface area contributed by atoms with E-state index in [2.05, 4.69) is 15.2 Å². The number of thiazole rings is 1. The fourth-order valence-electron chi connectivity index (χ4n) is 3.86. The van der Waals surface area contributed by atoms with Crippen LogP contribution in [-0.4, -0.2) is 53.7 Å². The Morgan fingerprint density at radius 3 is 2.53 bits per heavy atom. The average Bonchev–Trinajstić information content (AvgIpc) is 3.16. The standard InChI is InChI=1S/C21H23FN4O3S/c1-2-18(28)24-21-23-16-11-13(12-17(27)19(16)30-21)20(29)26-9-7-25(8-10-26)15-5-3-14(22)4-6-15/h3-6,13H,2,7-12H2,1H3,(H,23,24,28)/t13-/m1/s1. The number of rotatable bonds is 4. The topological polar surface area (TPSA) is 82.6 Å². The lowest BCUT2D eigenvalue weighted by Crippen LogP contribution is -2.51. The van der Waals surface area contributed by atoms with Crippen molar-refractivity contribution in [2.24, 2.45) is 5.92 Å². The van der Waals surface area contributed by atoms with E-state index in [1.165, 1.54) is 23.5 Å². The maximum absolute atomic E-state index is 13.1. The molecule has 1 atom stereocenters. The molecule has 1 N–H and O–H groups in total. The molecule has 30 heavy (non-hydrogen) atoms. The minimum absolute atomic E-state index is 0.0279. The van der Waals surface area contributed by atoms with Crippen LogP contribution in [0.1, 0.15) is 35.1 Å². The molecular formula is C21H23FN4O3S. The van der Waals surface area contributed by atoms with Crippen molar-refractivity contribution in [2.75, 3.05) is 36.4 Å². The average molecular weight is 431 g/mol. The van der Waals surface area contributed by atoms with Crippen LogP contribution in [0.3, 0.4) is 0 Å². The summed E-state index contributed by atoms with van der Waals surface area (Å²) >= 11 is 1.18. The highest BCUT2D eigenvalue weighted by Gasteiger charge is 2.36. The van der Waals surface area contributed by atoms with E-state index in [0.29, 0.717) is 54.7 Å². The first kappa shape index (κ1) is 20.5. The van der Waals surface area contributed by atoms with Gasteiger partial charge in [-0.25, -0.2) is 9.37 Å². The van der Waals surface area contributed by atoms with E-state index < -0.39 is 5.92 Å². The normalized spacial score (nSPS) is 18.9. The zero-order valence-electron chi connectivity index (χ0n) is 16.7. The Kier molecular flexibility index (Phi) is 5.80. The number of nitrogens with one attached hydrogen (secondary N) is 1. The smallest absolute Gasteiger partial charge is 0.226 e. The van der Waals surface area contributed by atoms with Crippen molar-refractivity contribution in [1.29, 1.82) is 0 Å². The molecule has 7 nitrogen and oxygen atoms in total. The van der Waals surface area contributed by atoms with E-state index in [9.17, 15) is 18.8 Å². The van der Waals surface area contributed by atoms with Gasteiger partial charge in [0.05, 0.1) is 16.5 Å². The van der Waals surface area contributed by atoms with Gasteiger partial charge in [-0.3, -0.25) is 14.4 Å². The van der Waals surface area contributed by atoms with E-state index in [0.717, 1.165) is 5.69 Å². The van der Waals surface area contributed by atoms with Crippen LogP contribution in [0.5, 0.6) is 0 Å². The summed E-state index contributed by atoms with van der Waals surface area (Å²) in [6.45, 7) is 4.18. The van der Waals surface area contributed by atoms with Gasteiger partial charge in [0.2, 0.25) is 11.8 Å². The molecule has 2 aliphatic rings. The Morgan fingerprint density at radius 1 is 1.17 bits per heavy atom. The first-order chi connectivity index (χ1) is 14.4. The SMILES string of the molecule is CCC(=O)Nc1nc2c(s1)C(=O)C[C@H](C(=O)N1CCN(c3ccc(F)cc3)CC1)C2. The summed E-state index contributed by atoms with van der Waals surface area (Å²) in [5.41, 5.74) is 1.54. The summed E-state index contributed by atoms with van der Waals surface area (Å²) in [6, 6.07) is 6.35. The van der Waals surface area contributed by atoms with Crippen molar-refractivity contribution in [2.45, 2.75) is 26.2 Å². The van der Waals surface area contributed by atoms with Crippen molar-refractivity contribution < 1.29 is 18.8 Å². The van der Waals surface area contributed by atoms with Gasteiger partial charge in [-0.1, -0.05) is 18.3 Å². The highest BCUT2D eigenvalue weighted by atomic mass is 32.1. The van der Waals surface area contributed by atoms with Crippen LogP contribution in [0, 0.1) is 11.7 Å². The highest BCUT2D eigenvalue weighted by molar-refractivity contribution is 7.17. The molecule has 0 bridgehead atoms. The molecule has 1 aliphatic heterocycles. The van der Waals surface area contributed by atoms with Crippen LogP contribution in [0.4, 0.5) is 15.2 Å². The van der Waals surface area contributed by atoms with Crippen molar-refractivity contribution >= 4 is 39.8 Å². The molecule has 1 saturated heterocycles. The maximum Gasteiger partial charge on any atom is 0.226 e. The third kappa shape index (κ3) is 4.21. The van der Waals surface area contributed by atoms with Crippen molar-refractivity contribution in [3.8, 4) is 0 Å². The van der Waals surface area contributed by atoms with E-state index in [1.54, 1.807) is 24.0 Å². The van der Waals surface area contributed by atoms with Crippen molar-refractivity contribution in [1.82, 2.24) is 9.88 Å². The second-order valence-corrected chi connectivity index (χ2v) is 8.51. The van der Waals surface area contributed by atoms with Crippen LogP contribution in [0.2, 0.25) is 0 Å². The Morgan fingerprint density at radius 2 is 1.87 bits per heavy atom. The molecule has 0 radical (unpaired) electrons. The summed E-state index contributed by atoms with van der Waals surface area (Å²) in [7, 11) is 0. The first-order valence-electron chi connectivity index (χ1n) is 10.1. The molecule has 4 rings (SSSR count). The number of anilines is 2. The zero-order valence-corrected chi connectivity index (χ0v) is 17.5. The Labute approximate surface area is 177 Å². The summed E-state index contributed by atoms with van der Waals surface area (Å²) in [5.74, 6) is -0.957. The number of amides is 2. The Balaban J connectivity index is 1.38. The molecule has 1 aromatic carbocycles. The number of carbonyl (C=O) groups excluding carboxylic acids is 3. The number of nitrogens with zero attached hydrogens (tertiary/aromatic N) is 3. The zero-order chi connectivity index (χ0) is 21.3. The number of hydrogen-bond donors (Lipinski definition) is 1. The molecule has 9 heteroatoms. The molecule has 1 fully saturated rings. The largest absolute Gasteiger partial charge is 0.368 e. The molecule has 1 aromatic heterocycles. The number of piperazine rings is 1. The molecule has 2 amide bonds. The number of carbonyl (C=O) groups is 3. The van der Waals surface area contributed by atoms with Gasteiger partial charge < -0.3 is 15.1 Å². The van der Waals surface area contributed by atoms with E-state index >= 15 is 0 Å². The number of Topliss-reactive ketones (excluding diaryl/α,β-unsaturated/α-hetero) is 1. The number of benzene rings is 1. The van der Waals surface area contributed by atoms with Crippen LogP contribution < -0.4 is 10.2 Å². The minimum atomic E-state index is -0.417. The number of halogens is 1. The van der Waals surface area contributed by atoms with Gasteiger partial charge in [-0.05, 0) is 24.3 Å². The fourth-order valence-corrected chi connectivity index (χ4v) is 4.82. The van der Waals surface area contributed by atoms with Gasteiger partial charge in [0.1, 0.15) is 5.82 Å². The van der Waals surface area contributed by atoms with Gasteiger partial charge in [-0.2, -0.15) is 0 Å². The van der Waals surface area contributed by atoms with Gasteiger partial charge in [0, 0.05) is 51.1 Å². The number of ketones is 1. The molecule has 0 spiro atoms. The predicted molar refractivity (Wildman–Crippen MR) is 112 cm³/mol. The molecular weight excluding hydrogens is 407 g/mol. The lowest BCUT2D eigenvalue weighted by Gasteiger charge is -2.38.